The highest BCUT2D eigenvalue weighted by Gasteiger charge is 2.13. The lowest BCUT2D eigenvalue weighted by Crippen LogP contribution is -2.06. The fourth-order valence-corrected chi connectivity index (χ4v) is 2.45. The molecule has 0 fully saturated rings. The minimum Gasteiger partial charge on any atom is -0.452 e. The van der Waals surface area contributed by atoms with Gasteiger partial charge in [-0.3, -0.25) is 0 Å². The molecule has 0 aliphatic rings. The second-order valence-electron chi connectivity index (χ2n) is 6.10. The normalized spacial score (nSPS) is 10.9. The molecule has 0 aliphatic heterocycles. The number of esters is 1. The summed E-state index contributed by atoms with van der Waals surface area (Å²) in [6, 6.07) is 12.5. The SMILES string of the molecule is CC(C)c1ccc(-c2noc(COC(=O)c3ccc(Cl)c(N)c3)n2)cc1. The smallest absolute Gasteiger partial charge is 0.338 e. The van der Waals surface area contributed by atoms with Gasteiger partial charge in [-0.05, 0) is 29.7 Å². The minimum absolute atomic E-state index is 0.127. The van der Waals surface area contributed by atoms with Crippen LogP contribution < -0.4 is 5.73 Å². The molecule has 0 saturated heterocycles. The van der Waals surface area contributed by atoms with Gasteiger partial charge in [-0.1, -0.05) is 54.9 Å². The highest BCUT2D eigenvalue weighted by molar-refractivity contribution is 6.33. The van der Waals surface area contributed by atoms with Crippen LogP contribution in [0, 0.1) is 0 Å². The third kappa shape index (κ3) is 4.03. The van der Waals surface area contributed by atoms with E-state index in [1.165, 1.54) is 17.7 Å². The van der Waals surface area contributed by atoms with Crippen LogP contribution in [0.5, 0.6) is 0 Å². The van der Waals surface area contributed by atoms with Gasteiger partial charge < -0.3 is 15.0 Å². The molecule has 0 atom stereocenters. The monoisotopic (exact) mass is 371 g/mol. The summed E-state index contributed by atoms with van der Waals surface area (Å²) in [7, 11) is 0. The molecule has 2 N–H and O–H groups in total. The molecule has 3 rings (SSSR count). The minimum atomic E-state index is -0.547. The Morgan fingerprint density at radius 3 is 2.62 bits per heavy atom. The van der Waals surface area contributed by atoms with Crippen molar-refractivity contribution in [2.45, 2.75) is 26.4 Å². The molecule has 6 nitrogen and oxygen atoms in total. The van der Waals surface area contributed by atoms with Crippen LogP contribution >= 0.6 is 11.6 Å². The van der Waals surface area contributed by atoms with Crippen LogP contribution in [0.25, 0.3) is 11.4 Å². The number of carbonyl (C=O) groups is 1. The number of halogens is 1. The van der Waals surface area contributed by atoms with Gasteiger partial charge in [0, 0.05) is 5.56 Å². The van der Waals surface area contributed by atoms with E-state index in [4.69, 9.17) is 26.6 Å². The molecular formula is C19H18ClN3O3. The van der Waals surface area contributed by atoms with Crippen LogP contribution in [0.3, 0.4) is 0 Å². The molecule has 134 valence electrons. The third-order valence-electron chi connectivity index (χ3n) is 3.86. The molecule has 26 heavy (non-hydrogen) atoms. The first-order chi connectivity index (χ1) is 12.4. The molecule has 0 spiro atoms. The molecule has 3 aromatic rings. The van der Waals surface area contributed by atoms with Crippen molar-refractivity contribution in [3.8, 4) is 11.4 Å². The molecule has 0 saturated carbocycles. The van der Waals surface area contributed by atoms with E-state index in [9.17, 15) is 4.79 Å². The lowest BCUT2D eigenvalue weighted by molar-refractivity contribution is 0.0430. The molecule has 2 aromatic carbocycles. The Balaban J connectivity index is 1.64. The number of aromatic nitrogens is 2. The van der Waals surface area contributed by atoms with Crippen LogP contribution in [0.2, 0.25) is 5.02 Å². The van der Waals surface area contributed by atoms with Gasteiger partial charge in [0.05, 0.1) is 16.3 Å². The Morgan fingerprint density at radius 1 is 1.23 bits per heavy atom. The van der Waals surface area contributed by atoms with Gasteiger partial charge in [0.25, 0.3) is 5.89 Å². The van der Waals surface area contributed by atoms with E-state index in [2.05, 4.69) is 24.0 Å². The number of hydrogen-bond acceptors (Lipinski definition) is 6. The number of nitrogens with two attached hydrogens (primary N) is 1. The summed E-state index contributed by atoms with van der Waals surface area (Å²) in [6.45, 7) is 4.13. The predicted octanol–water partition coefficient (Wildman–Crippen LogP) is 4.45. The van der Waals surface area contributed by atoms with Gasteiger partial charge in [0.15, 0.2) is 6.61 Å². The van der Waals surface area contributed by atoms with Crippen molar-refractivity contribution in [1.29, 1.82) is 0 Å². The fourth-order valence-electron chi connectivity index (χ4n) is 2.33. The van der Waals surface area contributed by atoms with Crippen molar-refractivity contribution in [1.82, 2.24) is 10.1 Å². The van der Waals surface area contributed by atoms with Crippen molar-refractivity contribution in [3.63, 3.8) is 0 Å². The van der Waals surface area contributed by atoms with Crippen LogP contribution in [0.1, 0.15) is 41.6 Å². The highest BCUT2D eigenvalue weighted by Crippen LogP contribution is 2.22. The number of rotatable bonds is 5. The Morgan fingerprint density at radius 2 is 1.96 bits per heavy atom. The molecule has 0 aliphatic carbocycles. The first kappa shape index (κ1) is 17.9. The van der Waals surface area contributed by atoms with Crippen molar-refractivity contribution < 1.29 is 14.1 Å². The summed E-state index contributed by atoms with van der Waals surface area (Å²) < 4.78 is 10.3. The number of nitrogens with zero attached hydrogens (tertiary/aromatic N) is 2. The maximum Gasteiger partial charge on any atom is 0.338 e. The summed E-state index contributed by atoms with van der Waals surface area (Å²) in [5.41, 5.74) is 8.36. The van der Waals surface area contributed by atoms with Gasteiger partial charge in [-0.15, -0.1) is 0 Å². The molecule has 1 aromatic heterocycles. The summed E-state index contributed by atoms with van der Waals surface area (Å²) in [6.07, 6.45) is 0. The Bertz CT molecular complexity index is 920. The topological polar surface area (TPSA) is 91.2 Å². The number of carbonyl (C=O) groups excluding carboxylic acids is 1. The highest BCUT2D eigenvalue weighted by atomic mass is 35.5. The number of nitrogen functional groups attached to an aromatic ring is 1. The van der Waals surface area contributed by atoms with Gasteiger partial charge in [0.2, 0.25) is 5.82 Å². The van der Waals surface area contributed by atoms with E-state index in [1.54, 1.807) is 6.07 Å². The first-order valence-electron chi connectivity index (χ1n) is 8.09. The number of benzene rings is 2. The van der Waals surface area contributed by atoms with E-state index in [-0.39, 0.29) is 12.5 Å². The standard InChI is InChI=1S/C19H18ClN3O3/c1-11(2)12-3-5-13(6-4-12)18-22-17(26-23-18)10-25-19(24)14-7-8-15(20)16(21)9-14/h3-9,11H,10,21H2,1-2H3. The molecule has 0 unspecified atom stereocenters. The summed E-state index contributed by atoms with van der Waals surface area (Å²) >= 11 is 5.84. The predicted molar refractivity (Wildman–Crippen MR) is 98.8 cm³/mol. The van der Waals surface area contributed by atoms with E-state index >= 15 is 0 Å². The van der Waals surface area contributed by atoms with E-state index < -0.39 is 5.97 Å². The average molecular weight is 372 g/mol. The van der Waals surface area contributed by atoms with Gasteiger partial charge in [-0.25, -0.2) is 4.79 Å². The third-order valence-corrected chi connectivity index (χ3v) is 4.21. The van der Waals surface area contributed by atoms with Gasteiger partial charge in [-0.2, -0.15) is 4.98 Å². The Labute approximate surface area is 155 Å². The summed E-state index contributed by atoms with van der Waals surface area (Å²) in [4.78, 5) is 16.3. The maximum atomic E-state index is 12.0. The Hall–Kier alpha value is -2.86. The molecular weight excluding hydrogens is 354 g/mol. The van der Waals surface area contributed by atoms with E-state index in [1.807, 2.05) is 24.3 Å². The van der Waals surface area contributed by atoms with Crippen molar-refractivity contribution in [2.24, 2.45) is 0 Å². The zero-order valence-electron chi connectivity index (χ0n) is 14.4. The second-order valence-corrected chi connectivity index (χ2v) is 6.51. The van der Waals surface area contributed by atoms with Crippen LogP contribution in [-0.4, -0.2) is 16.1 Å². The van der Waals surface area contributed by atoms with Crippen molar-refractivity contribution in [2.75, 3.05) is 5.73 Å². The molecule has 0 radical (unpaired) electrons. The fraction of sp³-hybridized carbons (Fsp3) is 0.211. The molecule has 0 amide bonds. The first-order valence-corrected chi connectivity index (χ1v) is 8.47. The zero-order valence-corrected chi connectivity index (χ0v) is 15.2. The van der Waals surface area contributed by atoms with Crippen LogP contribution in [0.4, 0.5) is 5.69 Å². The quantitative estimate of drug-likeness (QED) is 0.526. The van der Waals surface area contributed by atoms with Crippen molar-refractivity contribution in [3.05, 3.63) is 64.5 Å². The molecule has 0 bridgehead atoms. The molecule has 7 heteroatoms. The van der Waals surface area contributed by atoms with Crippen molar-refractivity contribution >= 4 is 23.3 Å². The number of anilines is 1. The van der Waals surface area contributed by atoms with Crippen LogP contribution in [-0.2, 0) is 11.3 Å². The van der Waals surface area contributed by atoms with Gasteiger partial charge in [0.1, 0.15) is 0 Å². The summed E-state index contributed by atoms with van der Waals surface area (Å²) in [5.74, 6) is 0.561. The van der Waals surface area contributed by atoms with Crippen LogP contribution in [0.15, 0.2) is 47.0 Å². The lowest BCUT2D eigenvalue weighted by atomic mass is 10.0. The average Bonchev–Trinajstić information content (AvgIpc) is 3.11. The van der Waals surface area contributed by atoms with E-state index in [0.717, 1.165) is 5.56 Å². The maximum absolute atomic E-state index is 12.0. The number of ether oxygens (including phenoxy) is 1. The Kier molecular flexibility index (Phi) is 5.23. The molecule has 1 heterocycles. The zero-order chi connectivity index (χ0) is 18.7. The summed E-state index contributed by atoms with van der Waals surface area (Å²) in [5, 5.41) is 4.30. The largest absolute Gasteiger partial charge is 0.452 e. The second kappa shape index (κ2) is 7.58. The number of hydrogen-bond donors (Lipinski definition) is 1. The van der Waals surface area contributed by atoms with Gasteiger partial charge >= 0.3 is 5.97 Å². The lowest BCUT2D eigenvalue weighted by Gasteiger charge is -2.04. The van der Waals surface area contributed by atoms with E-state index in [0.29, 0.717) is 28.0 Å².